The first kappa shape index (κ1) is 8.51. The molecule has 70 valence electrons. The molecule has 3 heteroatoms. The molecule has 2 rings (SSSR count). The van der Waals surface area contributed by atoms with Gasteiger partial charge in [-0.1, -0.05) is 6.07 Å². The molecule has 13 heavy (non-hydrogen) atoms. The van der Waals surface area contributed by atoms with Gasteiger partial charge in [0.05, 0.1) is 12.3 Å². The van der Waals surface area contributed by atoms with Crippen LogP contribution in [0.15, 0.2) is 12.1 Å². The largest absolute Gasteiger partial charge is 0.378 e. The molecular formula is C10H14N2O. The molecule has 0 fully saturated rings. The smallest absolute Gasteiger partial charge is 0.129 e. The third-order valence-corrected chi connectivity index (χ3v) is 2.24. The number of rotatable bonds is 2. The van der Waals surface area contributed by atoms with Gasteiger partial charge in [0.25, 0.3) is 0 Å². The third kappa shape index (κ3) is 1.80. The molecule has 0 unspecified atom stereocenters. The van der Waals surface area contributed by atoms with Crippen molar-refractivity contribution < 1.29 is 4.74 Å². The minimum Gasteiger partial charge on any atom is -0.378 e. The molecule has 3 nitrogen and oxygen atoms in total. The highest BCUT2D eigenvalue weighted by molar-refractivity contribution is 5.46. The molecule has 1 aromatic heterocycles. The van der Waals surface area contributed by atoms with Gasteiger partial charge in [0.2, 0.25) is 0 Å². The lowest BCUT2D eigenvalue weighted by Gasteiger charge is -2.17. The first-order valence-electron chi connectivity index (χ1n) is 4.62. The van der Waals surface area contributed by atoms with Crippen molar-refractivity contribution in [1.29, 1.82) is 0 Å². The lowest BCUT2D eigenvalue weighted by Crippen LogP contribution is -2.14. The number of aryl methyl sites for hydroxylation is 1. The van der Waals surface area contributed by atoms with Gasteiger partial charge in [-0.25, -0.2) is 4.98 Å². The van der Waals surface area contributed by atoms with Crippen molar-refractivity contribution in [2.24, 2.45) is 0 Å². The summed E-state index contributed by atoms with van der Waals surface area (Å²) >= 11 is 0. The van der Waals surface area contributed by atoms with Crippen molar-refractivity contribution >= 4 is 5.82 Å². The average Bonchev–Trinajstić information content (AvgIpc) is 2.18. The van der Waals surface area contributed by atoms with Gasteiger partial charge in [0.15, 0.2) is 0 Å². The van der Waals surface area contributed by atoms with E-state index in [2.05, 4.69) is 16.4 Å². The first-order valence-corrected chi connectivity index (χ1v) is 4.62. The zero-order valence-corrected chi connectivity index (χ0v) is 7.84. The van der Waals surface area contributed by atoms with Crippen LogP contribution in [0.25, 0.3) is 0 Å². The van der Waals surface area contributed by atoms with Crippen molar-refractivity contribution in [3.8, 4) is 0 Å². The van der Waals surface area contributed by atoms with Crippen LogP contribution in [0.3, 0.4) is 0 Å². The molecule has 1 aromatic rings. The van der Waals surface area contributed by atoms with E-state index in [4.69, 9.17) is 4.74 Å². The van der Waals surface area contributed by atoms with Gasteiger partial charge in [-0.05, 0) is 24.5 Å². The fourth-order valence-electron chi connectivity index (χ4n) is 1.60. The van der Waals surface area contributed by atoms with Crippen molar-refractivity contribution in [3.05, 3.63) is 23.4 Å². The zero-order valence-electron chi connectivity index (χ0n) is 7.84. The van der Waals surface area contributed by atoms with E-state index in [9.17, 15) is 0 Å². The molecular weight excluding hydrogens is 164 g/mol. The summed E-state index contributed by atoms with van der Waals surface area (Å²) < 4.78 is 5.03. The lowest BCUT2D eigenvalue weighted by molar-refractivity contribution is 0.181. The third-order valence-electron chi connectivity index (χ3n) is 2.24. The van der Waals surface area contributed by atoms with E-state index in [0.29, 0.717) is 6.61 Å². The van der Waals surface area contributed by atoms with E-state index < -0.39 is 0 Å². The Bertz CT molecular complexity index is 299. The summed E-state index contributed by atoms with van der Waals surface area (Å²) in [6.07, 6.45) is 2.35. The van der Waals surface area contributed by atoms with Crippen molar-refractivity contribution in [2.75, 3.05) is 19.0 Å². The van der Waals surface area contributed by atoms with Gasteiger partial charge in [-0.3, -0.25) is 0 Å². The Morgan fingerprint density at radius 3 is 3.31 bits per heavy atom. The van der Waals surface area contributed by atoms with Crippen molar-refractivity contribution in [1.82, 2.24) is 4.98 Å². The van der Waals surface area contributed by atoms with Gasteiger partial charge in [0.1, 0.15) is 5.82 Å². The Hall–Kier alpha value is -1.09. The van der Waals surface area contributed by atoms with Crippen LogP contribution in [-0.2, 0) is 17.8 Å². The Morgan fingerprint density at radius 1 is 1.54 bits per heavy atom. The number of nitrogens with one attached hydrogen (secondary N) is 1. The fourth-order valence-corrected chi connectivity index (χ4v) is 1.60. The highest BCUT2D eigenvalue weighted by Crippen LogP contribution is 2.19. The van der Waals surface area contributed by atoms with E-state index in [1.165, 1.54) is 12.0 Å². The number of nitrogens with zero attached hydrogens (tertiary/aromatic N) is 1. The average molecular weight is 178 g/mol. The maximum Gasteiger partial charge on any atom is 0.129 e. The number of fused-ring (bicyclic) bond motifs is 1. The van der Waals surface area contributed by atoms with Gasteiger partial charge < -0.3 is 10.1 Å². The van der Waals surface area contributed by atoms with Crippen LogP contribution in [0.2, 0.25) is 0 Å². The summed E-state index contributed by atoms with van der Waals surface area (Å²) in [5.41, 5.74) is 2.32. The summed E-state index contributed by atoms with van der Waals surface area (Å²) in [6.45, 7) is 1.63. The van der Waals surface area contributed by atoms with Gasteiger partial charge in [-0.15, -0.1) is 0 Å². The second-order valence-electron chi connectivity index (χ2n) is 3.27. The quantitative estimate of drug-likeness (QED) is 0.746. The second kappa shape index (κ2) is 3.75. The molecule has 0 saturated heterocycles. The number of anilines is 1. The summed E-state index contributed by atoms with van der Waals surface area (Å²) in [7, 11) is 1.69. The first-order chi connectivity index (χ1) is 6.40. The van der Waals surface area contributed by atoms with E-state index in [1.54, 1.807) is 7.11 Å². The molecule has 1 aliphatic heterocycles. The Labute approximate surface area is 78.1 Å². The highest BCUT2D eigenvalue weighted by atomic mass is 16.5. The zero-order chi connectivity index (χ0) is 9.10. The predicted molar refractivity (Wildman–Crippen MR) is 51.8 cm³/mol. The normalized spacial score (nSPS) is 14.8. The molecule has 2 heterocycles. The Balaban J connectivity index is 2.24. The van der Waals surface area contributed by atoms with Gasteiger partial charge in [0, 0.05) is 13.7 Å². The van der Waals surface area contributed by atoms with Crippen LogP contribution in [0.1, 0.15) is 17.7 Å². The monoisotopic (exact) mass is 178 g/mol. The molecule has 0 bridgehead atoms. The van der Waals surface area contributed by atoms with Crippen LogP contribution in [0.5, 0.6) is 0 Å². The molecule has 0 atom stereocenters. The minimum absolute atomic E-state index is 0.592. The summed E-state index contributed by atoms with van der Waals surface area (Å²) in [4.78, 5) is 4.47. The van der Waals surface area contributed by atoms with Gasteiger partial charge in [-0.2, -0.15) is 0 Å². The number of hydrogen-bond acceptors (Lipinski definition) is 3. The van der Waals surface area contributed by atoms with E-state index >= 15 is 0 Å². The number of methoxy groups -OCH3 is 1. The summed E-state index contributed by atoms with van der Waals surface area (Å²) in [6, 6.07) is 4.18. The molecule has 0 amide bonds. The molecule has 1 aliphatic rings. The Kier molecular flexibility index (Phi) is 2.45. The number of aromatic nitrogens is 1. The number of hydrogen-bond donors (Lipinski definition) is 1. The highest BCUT2D eigenvalue weighted by Gasteiger charge is 2.09. The Morgan fingerprint density at radius 2 is 2.46 bits per heavy atom. The van der Waals surface area contributed by atoms with Crippen LogP contribution < -0.4 is 5.32 Å². The summed E-state index contributed by atoms with van der Waals surface area (Å²) in [5.74, 6) is 1.04. The summed E-state index contributed by atoms with van der Waals surface area (Å²) in [5, 5.41) is 3.29. The second-order valence-corrected chi connectivity index (χ2v) is 3.27. The van der Waals surface area contributed by atoms with Crippen LogP contribution in [0, 0.1) is 0 Å². The number of ether oxygens (including phenoxy) is 1. The molecule has 0 radical (unpaired) electrons. The van der Waals surface area contributed by atoms with Crippen LogP contribution in [0.4, 0.5) is 5.82 Å². The van der Waals surface area contributed by atoms with E-state index in [-0.39, 0.29) is 0 Å². The maximum absolute atomic E-state index is 5.03. The fraction of sp³-hybridized carbons (Fsp3) is 0.500. The van der Waals surface area contributed by atoms with E-state index in [0.717, 1.165) is 24.5 Å². The molecule has 1 N–H and O–H groups in total. The minimum atomic E-state index is 0.592. The number of pyridine rings is 1. The van der Waals surface area contributed by atoms with Crippen LogP contribution >= 0.6 is 0 Å². The SMILES string of the molecule is COCc1ccc2c(n1)NCCC2. The van der Waals surface area contributed by atoms with Crippen molar-refractivity contribution in [3.63, 3.8) is 0 Å². The topological polar surface area (TPSA) is 34.1 Å². The molecule has 0 saturated carbocycles. The predicted octanol–water partition coefficient (Wildman–Crippen LogP) is 1.59. The molecule has 0 spiro atoms. The van der Waals surface area contributed by atoms with Crippen molar-refractivity contribution in [2.45, 2.75) is 19.4 Å². The van der Waals surface area contributed by atoms with Crippen LogP contribution in [-0.4, -0.2) is 18.6 Å². The lowest BCUT2D eigenvalue weighted by atomic mass is 10.1. The van der Waals surface area contributed by atoms with Gasteiger partial charge >= 0.3 is 0 Å². The standard InChI is InChI=1S/C10H14N2O/c1-13-7-9-5-4-8-3-2-6-11-10(8)12-9/h4-5H,2-3,6-7H2,1H3,(H,11,12). The molecule has 0 aromatic carbocycles. The van der Waals surface area contributed by atoms with E-state index in [1.807, 2.05) is 6.07 Å². The maximum atomic E-state index is 5.03. The molecule has 0 aliphatic carbocycles.